The summed E-state index contributed by atoms with van der Waals surface area (Å²) in [5, 5.41) is 4.63. The van der Waals surface area contributed by atoms with Crippen molar-refractivity contribution in [1.82, 2.24) is 19.5 Å². The highest BCUT2D eigenvalue weighted by molar-refractivity contribution is 7.94. The first-order valence-electron chi connectivity index (χ1n) is 13.8. The molecule has 2 aliphatic carbocycles. The van der Waals surface area contributed by atoms with E-state index < -0.39 is 15.9 Å². The number of sulfonamides is 1. The molecule has 11 nitrogen and oxygen atoms in total. The molecule has 3 fully saturated rings. The smallest absolute Gasteiger partial charge is 0.268 e. The van der Waals surface area contributed by atoms with Gasteiger partial charge < -0.3 is 15.4 Å². The molecule has 5 rings (SSSR count). The van der Waals surface area contributed by atoms with E-state index in [4.69, 9.17) is 15.5 Å². The molecule has 216 valence electrons. The maximum atomic E-state index is 13.5. The van der Waals surface area contributed by atoms with Gasteiger partial charge in [0.15, 0.2) is 5.82 Å². The Morgan fingerprint density at radius 3 is 2.62 bits per heavy atom. The number of nitrogens with two attached hydrogens (primary N) is 1. The zero-order valence-electron chi connectivity index (χ0n) is 23.8. The lowest BCUT2D eigenvalue weighted by molar-refractivity contribution is 0.0981. The SMILES string of the molecule is CN=CC(=C(C)N)S(=O)(=O)NC(=O)c1ccc(-n2ccc(O[C@H]3C[C@@H]4CC[C@H]3C4)n2)nc1N1C[C@@H](C)CC1(C)C. The molecule has 2 bridgehead atoms. The quantitative estimate of drug-likeness (QED) is 0.460. The van der Waals surface area contributed by atoms with Crippen molar-refractivity contribution in [3.05, 3.63) is 40.6 Å². The minimum atomic E-state index is -4.26. The Bertz CT molecular complexity index is 1460. The van der Waals surface area contributed by atoms with Gasteiger partial charge in [-0.25, -0.2) is 22.8 Å². The van der Waals surface area contributed by atoms with Gasteiger partial charge >= 0.3 is 0 Å². The molecule has 0 radical (unpaired) electrons. The summed E-state index contributed by atoms with van der Waals surface area (Å²) >= 11 is 0. The Labute approximate surface area is 235 Å². The number of aromatic nitrogens is 3. The van der Waals surface area contributed by atoms with E-state index in [2.05, 4.69) is 40.5 Å². The maximum absolute atomic E-state index is 13.5. The number of nitrogens with one attached hydrogen (secondary N) is 1. The van der Waals surface area contributed by atoms with Crippen LogP contribution in [-0.2, 0) is 10.0 Å². The Kier molecular flexibility index (Phi) is 7.41. The minimum absolute atomic E-state index is 0.0243. The molecule has 3 N–H and O–H groups in total. The van der Waals surface area contributed by atoms with Crippen LogP contribution in [0.5, 0.6) is 5.88 Å². The topological polar surface area (TPSA) is 145 Å². The fourth-order valence-corrected chi connectivity index (χ4v) is 7.76. The Morgan fingerprint density at radius 2 is 2.02 bits per heavy atom. The summed E-state index contributed by atoms with van der Waals surface area (Å²) in [5.41, 5.74) is 5.64. The predicted molar refractivity (Wildman–Crippen MR) is 154 cm³/mol. The number of pyridine rings is 1. The summed E-state index contributed by atoms with van der Waals surface area (Å²) in [6.07, 6.45) is 8.86. The van der Waals surface area contributed by atoms with Crippen molar-refractivity contribution >= 4 is 28.0 Å². The van der Waals surface area contributed by atoms with E-state index >= 15 is 0 Å². The number of ether oxygens (including phenoxy) is 1. The standard InChI is InChI=1S/C28H39N7O4S/c1-17-14-28(3,4)34(16-17)26-21(27(36)33-40(37,38)23(15-30-5)18(2)29)8-9-24(31-26)35-11-10-25(32-35)39-22-13-19-6-7-20(22)12-19/h8-11,15,17,19-20,22H,6-7,12-14,16,29H2,1-5H3,(H,33,36)/t17-,19+,20-,22-/m0/s1. The number of amides is 1. The van der Waals surface area contributed by atoms with E-state index in [0.717, 1.165) is 25.0 Å². The van der Waals surface area contributed by atoms with Crippen molar-refractivity contribution in [3.8, 4) is 11.7 Å². The number of rotatable bonds is 8. The van der Waals surface area contributed by atoms with E-state index in [1.54, 1.807) is 23.0 Å². The van der Waals surface area contributed by atoms with Crippen LogP contribution in [0.3, 0.4) is 0 Å². The Morgan fingerprint density at radius 1 is 1.25 bits per heavy atom. The number of anilines is 1. The van der Waals surface area contributed by atoms with Crippen molar-refractivity contribution in [2.24, 2.45) is 28.5 Å². The highest BCUT2D eigenvalue weighted by Gasteiger charge is 2.42. The third-order valence-corrected chi connectivity index (χ3v) is 9.79. The van der Waals surface area contributed by atoms with E-state index in [9.17, 15) is 13.2 Å². The molecule has 0 aromatic carbocycles. The molecule has 0 unspecified atom stereocenters. The van der Waals surface area contributed by atoms with Crippen molar-refractivity contribution in [3.63, 3.8) is 0 Å². The second-order valence-corrected chi connectivity index (χ2v) is 13.7. The number of aliphatic imine (C=N–C) groups is 1. The molecule has 40 heavy (non-hydrogen) atoms. The number of carbonyl (C=O) groups excluding carboxylic acids is 1. The molecular formula is C28H39N7O4S. The average molecular weight is 570 g/mol. The van der Waals surface area contributed by atoms with E-state index in [0.29, 0.717) is 35.9 Å². The molecule has 0 spiro atoms. The van der Waals surface area contributed by atoms with Gasteiger partial charge in [-0.2, -0.15) is 0 Å². The van der Waals surface area contributed by atoms with E-state index in [1.807, 2.05) is 6.07 Å². The zero-order valence-corrected chi connectivity index (χ0v) is 24.6. The minimum Gasteiger partial charge on any atom is -0.473 e. The van der Waals surface area contributed by atoms with Gasteiger partial charge in [-0.3, -0.25) is 9.79 Å². The van der Waals surface area contributed by atoms with Crippen LogP contribution in [0, 0.1) is 17.8 Å². The molecule has 12 heteroatoms. The second kappa shape index (κ2) is 10.5. The third-order valence-electron chi connectivity index (χ3n) is 8.33. The number of carbonyl (C=O) groups is 1. The lowest BCUT2D eigenvalue weighted by Crippen LogP contribution is -2.41. The summed E-state index contributed by atoms with van der Waals surface area (Å²) < 4.78 is 36.1. The Balaban J connectivity index is 1.47. The van der Waals surface area contributed by atoms with Crippen molar-refractivity contribution in [2.45, 2.75) is 71.4 Å². The van der Waals surface area contributed by atoms with Gasteiger partial charge in [0.25, 0.3) is 15.9 Å². The van der Waals surface area contributed by atoms with Gasteiger partial charge in [-0.1, -0.05) is 6.92 Å². The first-order chi connectivity index (χ1) is 18.9. The van der Waals surface area contributed by atoms with Crippen molar-refractivity contribution < 1.29 is 17.9 Å². The van der Waals surface area contributed by atoms with Crippen LogP contribution >= 0.6 is 0 Å². The third kappa shape index (κ3) is 5.45. The molecule has 3 heterocycles. The number of hydrogen-bond acceptors (Lipinski definition) is 9. The predicted octanol–water partition coefficient (Wildman–Crippen LogP) is 3.41. The molecule has 1 saturated heterocycles. The van der Waals surface area contributed by atoms with E-state index in [1.165, 1.54) is 33.2 Å². The van der Waals surface area contributed by atoms with Gasteiger partial charge in [0.05, 0.1) is 5.56 Å². The lowest BCUT2D eigenvalue weighted by atomic mass is 9.97. The van der Waals surface area contributed by atoms with Gasteiger partial charge in [0, 0.05) is 43.3 Å². The molecule has 2 aromatic rings. The highest BCUT2D eigenvalue weighted by atomic mass is 32.2. The van der Waals surface area contributed by atoms with Crippen LogP contribution in [0.2, 0.25) is 0 Å². The lowest BCUT2D eigenvalue weighted by Gasteiger charge is -2.34. The van der Waals surface area contributed by atoms with Crippen LogP contribution in [-0.4, -0.2) is 60.5 Å². The highest BCUT2D eigenvalue weighted by Crippen LogP contribution is 2.46. The first kappa shape index (κ1) is 28.1. The molecule has 2 saturated carbocycles. The monoisotopic (exact) mass is 569 g/mol. The molecular weight excluding hydrogens is 530 g/mol. The van der Waals surface area contributed by atoms with Crippen LogP contribution in [0.4, 0.5) is 5.82 Å². The molecule has 3 aliphatic rings. The number of nitrogens with zero attached hydrogens (tertiary/aromatic N) is 5. The molecule has 4 atom stereocenters. The van der Waals surface area contributed by atoms with Crippen LogP contribution in [0.25, 0.3) is 5.82 Å². The molecule has 2 aromatic heterocycles. The van der Waals surface area contributed by atoms with Crippen LogP contribution < -0.4 is 20.1 Å². The van der Waals surface area contributed by atoms with Crippen LogP contribution in [0.1, 0.15) is 70.2 Å². The maximum Gasteiger partial charge on any atom is 0.268 e. The van der Waals surface area contributed by atoms with Gasteiger partial charge in [-0.05, 0) is 82.8 Å². The van der Waals surface area contributed by atoms with E-state index in [-0.39, 0.29) is 27.8 Å². The van der Waals surface area contributed by atoms with Crippen molar-refractivity contribution in [2.75, 3.05) is 18.5 Å². The summed E-state index contributed by atoms with van der Waals surface area (Å²) in [5.74, 6) is 2.39. The van der Waals surface area contributed by atoms with Gasteiger partial charge in [-0.15, -0.1) is 5.10 Å². The van der Waals surface area contributed by atoms with Gasteiger partial charge in [0.1, 0.15) is 16.8 Å². The fraction of sp³-hybridized carbons (Fsp3) is 0.571. The fourth-order valence-electron chi connectivity index (χ4n) is 6.62. The average Bonchev–Trinajstić information content (AvgIpc) is 3.66. The summed E-state index contributed by atoms with van der Waals surface area (Å²) in [4.78, 5) is 23.9. The number of allylic oxidation sites excluding steroid dienone is 2. The second-order valence-electron chi connectivity index (χ2n) is 12.1. The molecule has 1 aliphatic heterocycles. The largest absolute Gasteiger partial charge is 0.473 e. The summed E-state index contributed by atoms with van der Waals surface area (Å²) in [7, 11) is -2.83. The number of hydrogen-bond donors (Lipinski definition) is 2. The van der Waals surface area contributed by atoms with Crippen LogP contribution in [0.15, 0.2) is 40.0 Å². The normalized spacial score (nSPS) is 26.4. The van der Waals surface area contributed by atoms with Crippen molar-refractivity contribution in [1.29, 1.82) is 0 Å². The first-order valence-corrected chi connectivity index (χ1v) is 15.3. The Hall–Kier alpha value is -3.41. The zero-order chi connectivity index (χ0) is 28.8. The summed E-state index contributed by atoms with van der Waals surface area (Å²) in [6, 6.07) is 5.08. The number of fused-ring (bicyclic) bond motifs is 2. The summed E-state index contributed by atoms with van der Waals surface area (Å²) in [6.45, 7) is 8.44. The molecule has 1 amide bonds. The van der Waals surface area contributed by atoms with Gasteiger partial charge in [0.2, 0.25) is 5.88 Å².